The molecule has 0 radical (unpaired) electrons. The molecule has 1 saturated heterocycles. The Morgan fingerprint density at radius 3 is 2.57 bits per heavy atom. The molecule has 3 heterocycles. The van der Waals surface area contributed by atoms with Crippen molar-refractivity contribution in [2.45, 2.75) is 57.1 Å². The molecule has 2 aliphatic heterocycles. The van der Waals surface area contributed by atoms with Crippen molar-refractivity contribution in [2.24, 2.45) is 0 Å². The molecule has 148 valence electrons. The Kier molecular flexibility index (Phi) is 4.49. The van der Waals surface area contributed by atoms with Crippen LogP contribution in [-0.4, -0.2) is 46.2 Å². The molecular weight excluding hydrogens is 354 g/mol. The third-order valence-corrected chi connectivity index (χ3v) is 6.41. The van der Waals surface area contributed by atoms with Crippen LogP contribution >= 0.6 is 0 Å². The first-order valence-electron chi connectivity index (χ1n) is 10.4. The molecule has 1 aliphatic carbocycles. The van der Waals surface area contributed by atoms with Crippen molar-refractivity contribution in [2.75, 3.05) is 19.7 Å². The van der Waals surface area contributed by atoms with E-state index in [9.17, 15) is 4.79 Å². The summed E-state index contributed by atoms with van der Waals surface area (Å²) in [6, 6.07) is 7.96. The van der Waals surface area contributed by atoms with Crippen molar-refractivity contribution in [1.82, 2.24) is 14.5 Å². The molecule has 1 aromatic carbocycles. The quantitative estimate of drug-likeness (QED) is 0.817. The number of para-hydroxylation sites is 2. The van der Waals surface area contributed by atoms with Gasteiger partial charge >= 0.3 is 0 Å². The second-order valence-corrected chi connectivity index (χ2v) is 8.18. The number of hydrogen-bond donors (Lipinski definition) is 0. The van der Waals surface area contributed by atoms with Crippen LogP contribution in [0.25, 0.3) is 0 Å². The molecule has 1 amide bonds. The van der Waals surface area contributed by atoms with Crippen LogP contribution in [-0.2, 0) is 4.79 Å². The third kappa shape index (κ3) is 3.05. The topological polar surface area (TPSA) is 56.6 Å². The van der Waals surface area contributed by atoms with Crippen LogP contribution < -0.4 is 9.47 Å². The van der Waals surface area contributed by atoms with Crippen molar-refractivity contribution in [3.05, 3.63) is 42.0 Å². The zero-order chi connectivity index (χ0) is 19.1. The second-order valence-electron chi connectivity index (χ2n) is 8.18. The number of nitrogens with zero attached hydrogens (tertiary/aromatic N) is 3. The van der Waals surface area contributed by atoms with E-state index in [0.29, 0.717) is 23.5 Å². The summed E-state index contributed by atoms with van der Waals surface area (Å²) in [7, 11) is 0. The Bertz CT molecular complexity index is 866. The van der Waals surface area contributed by atoms with Gasteiger partial charge in [0.25, 0.3) is 5.91 Å². The summed E-state index contributed by atoms with van der Waals surface area (Å²) in [5.74, 6) is 3.29. The first-order chi connectivity index (χ1) is 13.7. The molecule has 0 bridgehead atoms. The van der Waals surface area contributed by atoms with Crippen LogP contribution in [0.5, 0.6) is 11.5 Å². The standard InChI is InChI=1S/C22H27N3O3/c1-15-13-23-21(16-5-4-6-16)25(15)17-9-11-24(12-10-17)22(26)20-14-27-18-7-2-3-8-19(18)28-20/h2-3,7-8,13,16-17,20H,4-6,9-12,14H2,1H3. The Morgan fingerprint density at radius 1 is 1.11 bits per heavy atom. The van der Waals surface area contributed by atoms with Gasteiger partial charge in [0.15, 0.2) is 11.5 Å². The van der Waals surface area contributed by atoms with E-state index in [1.54, 1.807) is 0 Å². The molecule has 0 N–H and O–H groups in total. The molecule has 6 heteroatoms. The largest absolute Gasteiger partial charge is 0.485 e. The molecule has 2 fully saturated rings. The number of benzene rings is 1. The Morgan fingerprint density at radius 2 is 1.86 bits per heavy atom. The Hall–Kier alpha value is -2.50. The van der Waals surface area contributed by atoms with E-state index < -0.39 is 6.10 Å². The molecule has 2 aromatic rings. The number of piperidine rings is 1. The van der Waals surface area contributed by atoms with Gasteiger partial charge in [-0.2, -0.15) is 0 Å². The van der Waals surface area contributed by atoms with Gasteiger partial charge in [-0.25, -0.2) is 4.98 Å². The molecule has 1 saturated carbocycles. The first-order valence-corrected chi connectivity index (χ1v) is 10.4. The van der Waals surface area contributed by atoms with Crippen LogP contribution in [0.4, 0.5) is 0 Å². The van der Waals surface area contributed by atoms with E-state index in [1.807, 2.05) is 35.4 Å². The SMILES string of the molecule is Cc1cnc(C2CCC2)n1C1CCN(C(=O)C2COc3ccccc3O2)CC1. The average Bonchev–Trinajstić information content (AvgIpc) is 3.06. The number of carbonyl (C=O) groups excluding carboxylic acids is 1. The number of carbonyl (C=O) groups is 1. The smallest absolute Gasteiger partial charge is 0.267 e. The molecular formula is C22H27N3O3. The van der Waals surface area contributed by atoms with Crippen LogP contribution in [0.3, 0.4) is 0 Å². The van der Waals surface area contributed by atoms with Crippen LogP contribution in [0.15, 0.2) is 30.5 Å². The zero-order valence-corrected chi connectivity index (χ0v) is 16.3. The maximum absolute atomic E-state index is 13.0. The van der Waals surface area contributed by atoms with Gasteiger partial charge in [0, 0.05) is 36.9 Å². The number of rotatable bonds is 3. The summed E-state index contributed by atoms with van der Waals surface area (Å²) < 4.78 is 14.1. The molecule has 5 rings (SSSR count). The summed E-state index contributed by atoms with van der Waals surface area (Å²) in [6.07, 6.45) is 7.22. The van der Waals surface area contributed by atoms with Crippen molar-refractivity contribution < 1.29 is 14.3 Å². The number of ether oxygens (including phenoxy) is 2. The van der Waals surface area contributed by atoms with Gasteiger partial charge < -0.3 is 18.9 Å². The summed E-state index contributed by atoms with van der Waals surface area (Å²) in [5, 5.41) is 0. The second kappa shape index (κ2) is 7.15. The van der Waals surface area contributed by atoms with Gasteiger partial charge in [0.1, 0.15) is 12.4 Å². The first kappa shape index (κ1) is 17.6. The number of aryl methyl sites for hydroxylation is 1. The average molecular weight is 381 g/mol. The minimum atomic E-state index is -0.549. The lowest BCUT2D eigenvalue weighted by atomic mass is 9.84. The van der Waals surface area contributed by atoms with Crippen LogP contribution in [0.1, 0.15) is 55.6 Å². The molecule has 6 nitrogen and oxygen atoms in total. The highest BCUT2D eigenvalue weighted by atomic mass is 16.6. The van der Waals surface area contributed by atoms with Crippen molar-refractivity contribution >= 4 is 5.91 Å². The lowest BCUT2D eigenvalue weighted by molar-refractivity contribution is -0.142. The van der Waals surface area contributed by atoms with E-state index in [2.05, 4.69) is 11.5 Å². The normalized spacial score (nSPS) is 22.8. The van der Waals surface area contributed by atoms with E-state index >= 15 is 0 Å². The van der Waals surface area contributed by atoms with Gasteiger partial charge in [-0.1, -0.05) is 18.6 Å². The lowest BCUT2D eigenvalue weighted by Crippen LogP contribution is -2.49. The monoisotopic (exact) mass is 381 g/mol. The van der Waals surface area contributed by atoms with Gasteiger partial charge in [-0.05, 0) is 44.7 Å². The molecule has 1 aromatic heterocycles. The minimum Gasteiger partial charge on any atom is -0.485 e. The maximum atomic E-state index is 13.0. The zero-order valence-electron chi connectivity index (χ0n) is 16.3. The predicted molar refractivity (Wildman–Crippen MR) is 105 cm³/mol. The molecule has 1 unspecified atom stereocenters. The van der Waals surface area contributed by atoms with Crippen molar-refractivity contribution in [3.63, 3.8) is 0 Å². The lowest BCUT2D eigenvalue weighted by Gasteiger charge is -2.37. The van der Waals surface area contributed by atoms with Gasteiger partial charge in [-0.3, -0.25) is 4.79 Å². The van der Waals surface area contributed by atoms with Crippen LogP contribution in [0, 0.1) is 6.92 Å². The summed E-state index contributed by atoms with van der Waals surface area (Å²) in [6.45, 7) is 3.94. The highest BCUT2D eigenvalue weighted by molar-refractivity contribution is 5.82. The Labute approximate surface area is 165 Å². The molecule has 0 spiro atoms. The maximum Gasteiger partial charge on any atom is 0.267 e. The summed E-state index contributed by atoms with van der Waals surface area (Å²) >= 11 is 0. The van der Waals surface area contributed by atoms with E-state index in [4.69, 9.17) is 14.5 Å². The fourth-order valence-electron chi connectivity index (χ4n) is 4.60. The highest BCUT2D eigenvalue weighted by Gasteiger charge is 2.35. The van der Waals surface area contributed by atoms with Crippen LogP contribution in [0.2, 0.25) is 0 Å². The number of imidazole rings is 1. The fourth-order valence-corrected chi connectivity index (χ4v) is 4.60. The molecule has 1 atom stereocenters. The molecule has 28 heavy (non-hydrogen) atoms. The van der Waals surface area contributed by atoms with E-state index in [-0.39, 0.29) is 12.5 Å². The van der Waals surface area contributed by atoms with Gasteiger partial charge in [0.05, 0.1) is 0 Å². The van der Waals surface area contributed by atoms with E-state index in [0.717, 1.165) is 25.9 Å². The highest BCUT2D eigenvalue weighted by Crippen LogP contribution is 2.38. The molecule has 3 aliphatic rings. The van der Waals surface area contributed by atoms with Gasteiger partial charge in [0.2, 0.25) is 6.10 Å². The van der Waals surface area contributed by atoms with Crippen molar-refractivity contribution in [1.29, 1.82) is 0 Å². The summed E-state index contributed by atoms with van der Waals surface area (Å²) in [4.78, 5) is 19.6. The number of hydrogen-bond acceptors (Lipinski definition) is 4. The third-order valence-electron chi connectivity index (χ3n) is 6.41. The number of aromatic nitrogens is 2. The summed E-state index contributed by atoms with van der Waals surface area (Å²) in [5.41, 5.74) is 1.24. The Balaban J connectivity index is 1.23. The predicted octanol–water partition coefficient (Wildman–Crippen LogP) is 3.46. The van der Waals surface area contributed by atoms with Gasteiger partial charge in [-0.15, -0.1) is 0 Å². The minimum absolute atomic E-state index is 0.0366. The fraction of sp³-hybridized carbons (Fsp3) is 0.545. The number of likely N-dealkylation sites (tertiary alicyclic amines) is 1. The number of fused-ring (bicyclic) bond motifs is 1. The van der Waals surface area contributed by atoms with Crippen molar-refractivity contribution in [3.8, 4) is 11.5 Å². The number of amides is 1. The van der Waals surface area contributed by atoms with E-state index in [1.165, 1.54) is 30.8 Å².